The van der Waals surface area contributed by atoms with E-state index < -0.39 is 5.82 Å². The average molecular weight is 275 g/mol. The number of phenols is 1. The van der Waals surface area contributed by atoms with Crippen molar-refractivity contribution in [3.8, 4) is 11.5 Å². The van der Waals surface area contributed by atoms with E-state index in [-0.39, 0.29) is 5.75 Å². The van der Waals surface area contributed by atoms with Crippen molar-refractivity contribution in [3.63, 3.8) is 0 Å². The van der Waals surface area contributed by atoms with Crippen LogP contribution in [0.5, 0.6) is 11.5 Å². The zero-order valence-electron chi connectivity index (χ0n) is 11.8. The number of hydrogen-bond donors (Lipinski definition) is 2. The fraction of sp³-hybridized carbons (Fsp3) is 0.250. The SMILES string of the molecule is COc1c(C)ccc(NCc2cc(O)cc(F)c2)c1C. The number of ether oxygens (including phenoxy) is 1. The van der Waals surface area contributed by atoms with E-state index in [4.69, 9.17) is 4.74 Å². The first-order valence-electron chi connectivity index (χ1n) is 6.37. The molecule has 2 rings (SSSR count). The Morgan fingerprint density at radius 1 is 1.20 bits per heavy atom. The van der Waals surface area contributed by atoms with Gasteiger partial charge < -0.3 is 15.2 Å². The molecule has 20 heavy (non-hydrogen) atoms. The summed E-state index contributed by atoms with van der Waals surface area (Å²) in [4.78, 5) is 0. The first-order chi connectivity index (χ1) is 9.51. The molecule has 0 bridgehead atoms. The summed E-state index contributed by atoms with van der Waals surface area (Å²) in [7, 11) is 1.64. The van der Waals surface area contributed by atoms with E-state index in [0.717, 1.165) is 28.6 Å². The van der Waals surface area contributed by atoms with Gasteiger partial charge in [-0.1, -0.05) is 6.07 Å². The predicted molar refractivity (Wildman–Crippen MR) is 77.9 cm³/mol. The fourth-order valence-corrected chi connectivity index (χ4v) is 2.27. The monoisotopic (exact) mass is 275 g/mol. The van der Waals surface area contributed by atoms with Crippen molar-refractivity contribution in [2.24, 2.45) is 0 Å². The quantitative estimate of drug-likeness (QED) is 0.892. The predicted octanol–water partition coefficient (Wildman–Crippen LogP) is 3.77. The van der Waals surface area contributed by atoms with Crippen LogP contribution < -0.4 is 10.1 Å². The third kappa shape index (κ3) is 3.02. The highest BCUT2D eigenvalue weighted by atomic mass is 19.1. The lowest BCUT2D eigenvalue weighted by atomic mass is 10.1. The fourth-order valence-electron chi connectivity index (χ4n) is 2.27. The van der Waals surface area contributed by atoms with E-state index in [9.17, 15) is 9.50 Å². The van der Waals surface area contributed by atoms with Crippen LogP contribution in [-0.4, -0.2) is 12.2 Å². The second-order valence-electron chi connectivity index (χ2n) is 4.76. The van der Waals surface area contributed by atoms with Gasteiger partial charge in [-0.05, 0) is 43.2 Å². The number of rotatable bonds is 4. The second kappa shape index (κ2) is 5.82. The first kappa shape index (κ1) is 14.2. The van der Waals surface area contributed by atoms with E-state index >= 15 is 0 Å². The van der Waals surface area contributed by atoms with Crippen LogP contribution in [0.1, 0.15) is 16.7 Å². The highest BCUT2D eigenvalue weighted by Gasteiger charge is 2.08. The maximum atomic E-state index is 13.2. The van der Waals surface area contributed by atoms with Gasteiger partial charge in [-0.15, -0.1) is 0 Å². The number of aryl methyl sites for hydroxylation is 1. The van der Waals surface area contributed by atoms with Gasteiger partial charge in [0.2, 0.25) is 0 Å². The third-order valence-electron chi connectivity index (χ3n) is 3.23. The molecule has 0 aliphatic rings. The minimum absolute atomic E-state index is 0.0694. The highest BCUT2D eigenvalue weighted by molar-refractivity contribution is 5.59. The maximum absolute atomic E-state index is 13.2. The molecule has 0 heterocycles. The number of aromatic hydroxyl groups is 1. The van der Waals surface area contributed by atoms with Crippen LogP contribution in [0.15, 0.2) is 30.3 Å². The molecule has 4 heteroatoms. The molecule has 0 unspecified atom stereocenters. The lowest BCUT2D eigenvalue weighted by molar-refractivity contribution is 0.409. The van der Waals surface area contributed by atoms with Crippen LogP contribution in [0.25, 0.3) is 0 Å². The molecule has 106 valence electrons. The molecule has 0 radical (unpaired) electrons. The molecule has 0 saturated carbocycles. The van der Waals surface area contributed by atoms with E-state index in [1.807, 2.05) is 26.0 Å². The smallest absolute Gasteiger partial charge is 0.127 e. The molecule has 2 N–H and O–H groups in total. The summed E-state index contributed by atoms with van der Waals surface area (Å²) in [5, 5.41) is 12.6. The molecule has 0 amide bonds. The van der Waals surface area contributed by atoms with Crippen molar-refractivity contribution in [1.29, 1.82) is 0 Å². The van der Waals surface area contributed by atoms with E-state index in [2.05, 4.69) is 5.32 Å². The minimum Gasteiger partial charge on any atom is -0.508 e. The minimum atomic E-state index is -0.444. The summed E-state index contributed by atoms with van der Waals surface area (Å²) in [6, 6.07) is 7.96. The lowest BCUT2D eigenvalue weighted by Crippen LogP contribution is -2.03. The summed E-state index contributed by atoms with van der Waals surface area (Å²) in [5.41, 5.74) is 3.68. The van der Waals surface area contributed by atoms with Crippen LogP contribution in [0.2, 0.25) is 0 Å². The molecule has 0 fully saturated rings. The van der Waals surface area contributed by atoms with Crippen molar-refractivity contribution in [2.75, 3.05) is 12.4 Å². The molecule has 0 aliphatic heterocycles. The summed E-state index contributed by atoms with van der Waals surface area (Å²) in [6.07, 6.45) is 0. The standard InChI is InChI=1S/C16H18FNO2/c1-10-4-5-15(11(2)16(10)20-3)18-9-12-6-13(17)8-14(19)7-12/h4-8,18-19H,9H2,1-3H3. The van der Waals surface area contributed by atoms with Gasteiger partial charge in [0.25, 0.3) is 0 Å². The summed E-state index contributed by atoms with van der Waals surface area (Å²) < 4.78 is 18.6. The lowest BCUT2D eigenvalue weighted by Gasteiger charge is -2.15. The Balaban J connectivity index is 2.19. The molecule has 0 aliphatic carbocycles. The summed E-state index contributed by atoms with van der Waals surface area (Å²) in [6.45, 7) is 4.38. The molecule has 0 spiro atoms. The molecule has 0 saturated heterocycles. The zero-order chi connectivity index (χ0) is 14.7. The van der Waals surface area contributed by atoms with Crippen molar-refractivity contribution >= 4 is 5.69 Å². The van der Waals surface area contributed by atoms with E-state index in [0.29, 0.717) is 12.1 Å². The van der Waals surface area contributed by atoms with Gasteiger partial charge in [0.05, 0.1) is 7.11 Å². The molecule has 3 nitrogen and oxygen atoms in total. The summed E-state index contributed by atoms with van der Waals surface area (Å²) >= 11 is 0. The van der Waals surface area contributed by atoms with E-state index in [1.54, 1.807) is 7.11 Å². The van der Waals surface area contributed by atoms with Gasteiger partial charge >= 0.3 is 0 Å². The Kier molecular flexibility index (Phi) is 4.13. The normalized spacial score (nSPS) is 10.4. The number of halogens is 1. The maximum Gasteiger partial charge on any atom is 0.127 e. The van der Waals surface area contributed by atoms with Gasteiger partial charge in [-0.3, -0.25) is 0 Å². The number of hydrogen-bond acceptors (Lipinski definition) is 3. The van der Waals surface area contributed by atoms with Crippen molar-refractivity contribution in [1.82, 2.24) is 0 Å². The Labute approximate surface area is 118 Å². The molecule has 2 aromatic rings. The molecular formula is C16H18FNO2. The van der Waals surface area contributed by atoms with Crippen LogP contribution in [0.3, 0.4) is 0 Å². The van der Waals surface area contributed by atoms with Gasteiger partial charge in [0.15, 0.2) is 0 Å². The number of methoxy groups -OCH3 is 1. The van der Waals surface area contributed by atoms with Crippen molar-refractivity contribution in [2.45, 2.75) is 20.4 Å². The van der Waals surface area contributed by atoms with Gasteiger partial charge in [-0.25, -0.2) is 4.39 Å². The number of anilines is 1. The largest absolute Gasteiger partial charge is 0.508 e. The highest BCUT2D eigenvalue weighted by Crippen LogP contribution is 2.29. The summed E-state index contributed by atoms with van der Waals surface area (Å²) in [5.74, 6) is 0.331. The number of nitrogens with one attached hydrogen (secondary N) is 1. The Hall–Kier alpha value is -2.23. The second-order valence-corrected chi connectivity index (χ2v) is 4.76. The molecule has 2 aromatic carbocycles. The Bertz CT molecular complexity index is 606. The average Bonchev–Trinajstić information content (AvgIpc) is 2.37. The van der Waals surface area contributed by atoms with Crippen LogP contribution in [-0.2, 0) is 6.54 Å². The van der Waals surface area contributed by atoms with Crippen LogP contribution in [0, 0.1) is 19.7 Å². The van der Waals surface area contributed by atoms with Gasteiger partial charge in [0.1, 0.15) is 17.3 Å². The molecular weight excluding hydrogens is 257 g/mol. The topological polar surface area (TPSA) is 41.5 Å². The van der Waals surface area contributed by atoms with Gasteiger partial charge in [-0.2, -0.15) is 0 Å². The number of benzene rings is 2. The van der Waals surface area contributed by atoms with E-state index in [1.165, 1.54) is 12.1 Å². The zero-order valence-corrected chi connectivity index (χ0v) is 11.8. The number of phenolic OH excluding ortho intramolecular Hbond substituents is 1. The third-order valence-corrected chi connectivity index (χ3v) is 3.23. The van der Waals surface area contributed by atoms with Crippen LogP contribution in [0.4, 0.5) is 10.1 Å². The van der Waals surface area contributed by atoms with Gasteiger partial charge in [0, 0.05) is 23.9 Å². The Morgan fingerprint density at radius 2 is 1.95 bits per heavy atom. The Morgan fingerprint density at radius 3 is 2.60 bits per heavy atom. The van der Waals surface area contributed by atoms with Crippen molar-refractivity contribution < 1.29 is 14.2 Å². The molecule has 0 aromatic heterocycles. The van der Waals surface area contributed by atoms with Crippen LogP contribution >= 0.6 is 0 Å². The molecule has 0 atom stereocenters. The van der Waals surface area contributed by atoms with Crippen molar-refractivity contribution in [3.05, 3.63) is 52.8 Å². The first-order valence-corrected chi connectivity index (χ1v) is 6.37.